The highest BCUT2D eigenvalue weighted by Gasteiger charge is 2.34. The summed E-state index contributed by atoms with van der Waals surface area (Å²) in [5.74, 6) is 0.255. The van der Waals surface area contributed by atoms with Gasteiger partial charge in [0.1, 0.15) is 11.4 Å². The second-order valence-electron chi connectivity index (χ2n) is 7.26. The van der Waals surface area contributed by atoms with Crippen molar-refractivity contribution in [1.82, 2.24) is 9.88 Å². The van der Waals surface area contributed by atoms with E-state index in [9.17, 15) is 9.59 Å². The van der Waals surface area contributed by atoms with Gasteiger partial charge in [0.2, 0.25) is 5.91 Å². The number of ether oxygens (including phenoxy) is 1. The Balaban J connectivity index is 1.77. The van der Waals surface area contributed by atoms with Gasteiger partial charge in [-0.15, -0.1) is 0 Å². The molecule has 6 heteroatoms. The molecule has 1 fully saturated rings. The van der Waals surface area contributed by atoms with Crippen molar-refractivity contribution >= 4 is 23.8 Å². The first-order valence-corrected chi connectivity index (χ1v) is 8.27. The molecule has 0 aliphatic carbocycles. The lowest BCUT2D eigenvalue weighted by molar-refractivity contribution is -0.148. The Kier molecular flexibility index (Phi) is 4.41. The maximum absolute atomic E-state index is 12.2. The molecular weight excluding hydrogens is 306 g/mol. The van der Waals surface area contributed by atoms with Crippen LogP contribution in [0.3, 0.4) is 0 Å². The average molecular weight is 329 g/mol. The molecule has 1 saturated heterocycles. The van der Waals surface area contributed by atoms with Crippen LogP contribution in [0.2, 0.25) is 0 Å². The summed E-state index contributed by atoms with van der Waals surface area (Å²) in [6.07, 6.45) is 6.68. The summed E-state index contributed by atoms with van der Waals surface area (Å²) in [6, 6.07) is 1.91. The van der Waals surface area contributed by atoms with Crippen LogP contribution in [-0.4, -0.2) is 39.9 Å². The Bertz CT molecular complexity index is 691. The number of aromatic nitrogens is 1. The van der Waals surface area contributed by atoms with Crippen molar-refractivity contribution in [3.8, 4) is 0 Å². The molecule has 1 aromatic heterocycles. The van der Waals surface area contributed by atoms with Crippen molar-refractivity contribution in [3.05, 3.63) is 29.5 Å². The number of fused-ring (bicyclic) bond motifs is 2. The van der Waals surface area contributed by atoms with Gasteiger partial charge >= 0.3 is 5.97 Å². The molecule has 3 heterocycles. The minimum Gasteiger partial charge on any atom is -0.457 e. The highest BCUT2D eigenvalue weighted by molar-refractivity contribution is 5.95. The molecule has 0 aromatic carbocycles. The van der Waals surface area contributed by atoms with E-state index in [4.69, 9.17) is 4.74 Å². The number of hydrogen-bond acceptors (Lipinski definition) is 5. The van der Waals surface area contributed by atoms with Gasteiger partial charge in [-0.05, 0) is 57.9 Å². The molecule has 1 amide bonds. The van der Waals surface area contributed by atoms with Gasteiger partial charge in [-0.1, -0.05) is 0 Å². The summed E-state index contributed by atoms with van der Waals surface area (Å²) >= 11 is 0. The summed E-state index contributed by atoms with van der Waals surface area (Å²) in [5, 5.41) is 2.91. The standard InChI is InChI=1S/C18H23N3O3/c1-18(2,3)24-15(22)7-6-12-9-13-11-21-8-4-5-14(21)17(23)20-16(13)19-10-12/h6-7,9-10,14H,4-5,8,11H2,1-3H3,(H,19,20,23)/b7-6+. The fraction of sp³-hybridized carbons (Fsp3) is 0.500. The van der Waals surface area contributed by atoms with E-state index in [0.717, 1.165) is 30.5 Å². The highest BCUT2D eigenvalue weighted by atomic mass is 16.6. The Morgan fingerprint density at radius 3 is 3.00 bits per heavy atom. The van der Waals surface area contributed by atoms with Crippen LogP contribution >= 0.6 is 0 Å². The number of rotatable bonds is 2. The zero-order chi connectivity index (χ0) is 17.3. The molecule has 0 saturated carbocycles. The average Bonchev–Trinajstić information content (AvgIpc) is 2.89. The number of amides is 1. The van der Waals surface area contributed by atoms with E-state index < -0.39 is 5.60 Å². The van der Waals surface area contributed by atoms with Crippen LogP contribution in [0, 0.1) is 0 Å². The summed E-state index contributed by atoms with van der Waals surface area (Å²) in [5.41, 5.74) is 1.27. The number of pyridine rings is 1. The van der Waals surface area contributed by atoms with Crippen molar-refractivity contribution in [2.45, 2.75) is 51.8 Å². The van der Waals surface area contributed by atoms with Crippen molar-refractivity contribution in [1.29, 1.82) is 0 Å². The largest absolute Gasteiger partial charge is 0.457 e. The predicted molar refractivity (Wildman–Crippen MR) is 91.2 cm³/mol. The topological polar surface area (TPSA) is 71.5 Å². The van der Waals surface area contributed by atoms with Crippen molar-refractivity contribution in [3.63, 3.8) is 0 Å². The first-order valence-electron chi connectivity index (χ1n) is 8.27. The van der Waals surface area contributed by atoms with E-state index in [0.29, 0.717) is 12.4 Å². The minimum absolute atomic E-state index is 0.0239. The first kappa shape index (κ1) is 16.6. The summed E-state index contributed by atoms with van der Waals surface area (Å²) in [6.45, 7) is 7.11. The maximum Gasteiger partial charge on any atom is 0.331 e. The number of nitrogens with one attached hydrogen (secondary N) is 1. The van der Waals surface area contributed by atoms with Crippen molar-refractivity contribution < 1.29 is 14.3 Å². The van der Waals surface area contributed by atoms with Gasteiger partial charge in [-0.3, -0.25) is 9.69 Å². The van der Waals surface area contributed by atoms with Crippen LogP contribution in [0.5, 0.6) is 0 Å². The van der Waals surface area contributed by atoms with Gasteiger partial charge in [-0.25, -0.2) is 9.78 Å². The fourth-order valence-electron chi connectivity index (χ4n) is 3.08. The van der Waals surface area contributed by atoms with Crippen LogP contribution in [0.4, 0.5) is 5.82 Å². The molecule has 0 radical (unpaired) electrons. The summed E-state index contributed by atoms with van der Waals surface area (Å²) in [4.78, 5) is 30.5. The predicted octanol–water partition coefficient (Wildman–Crippen LogP) is 2.35. The van der Waals surface area contributed by atoms with Crippen LogP contribution in [-0.2, 0) is 20.9 Å². The lowest BCUT2D eigenvalue weighted by Gasteiger charge is -2.19. The number of carbonyl (C=O) groups excluding carboxylic acids is 2. The molecule has 3 rings (SSSR count). The van der Waals surface area contributed by atoms with E-state index in [1.807, 2.05) is 26.8 Å². The number of nitrogens with zero attached hydrogens (tertiary/aromatic N) is 2. The number of anilines is 1. The lowest BCUT2D eigenvalue weighted by atomic mass is 10.1. The van der Waals surface area contributed by atoms with Crippen molar-refractivity contribution in [2.75, 3.05) is 11.9 Å². The summed E-state index contributed by atoms with van der Waals surface area (Å²) < 4.78 is 5.25. The molecule has 6 nitrogen and oxygen atoms in total. The van der Waals surface area contributed by atoms with Gasteiger partial charge in [-0.2, -0.15) is 0 Å². The quantitative estimate of drug-likeness (QED) is 0.666. The molecule has 2 aliphatic rings. The smallest absolute Gasteiger partial charge is 0.331 e. The monoisotopic (exact) mass is 329 g/mol. The molecule has 24 heavy (non-hydrogen) atoms. The second-order valence-corrected chi connectivity index (χ2v) is 7.26. The van der Waals surface area contributed by atoms with Crippen LogP contribution < -0.4 is 5.32 Å². The molecule has 1 N–H and O–H groups in total. The number of hydrogen-bond donors (Lipinski definition) is 1. The fourth-order valence-corrected chi connectivity index (χ4v) is 3.08. The third kappa shape index (κ3) is 3.82. The van der Waals surface area contributed by atoms with E-state index in [1.54, 1.807) is 12.3 Å². The maximum atomic E-state index is 12.2. The zero-order valence-corrected chi connectivity index (χ0v) is 14.3. The third-order valence-corrected chi connectivity index (χ3v) is 4.09. The van der Waals surface area contributed by atoms with Gasteiger partial charge in [0.05, 0.1) is 6.04 Å². The molecule has 1 atom stereocenters. The van der Waals surface area contributed by atoms with Gasteiger partial charge in [0.25, 0.3) is 0 Å². The van der Waals surface area contributed by atoms with E-state index >= 15 is 0 Å². The number of carbonyl (C=O) groups is 2. The van der Waals surface area contributed by atoms with Crippen LogP contribution in [0.1, 0.15) is 44.7 Å². The Morgan fingerprint density at radius 2 is 2.25 bits per heavy atom. The summed E-state index contributed by atoms with van der Waals surface area (Å²) in [7, 11) is 0. The highest BCUT2D eigenvalue weighted by Crippen LogP contribution is 2.28. The number of esters is 1. The molecule has 2 aliphatic heterocycles. The molecule has 1 unspecified atom stereocenters. The van der Waals surface area contributed by atoms with Crippen LogP contribution in [0.25, 0.3) is 6.08 Å². The SMILES string of the molecule is CC(C)(C)OC(=O)/C=C/c1cnc2c(c1)CN1CCCC1C(=O)N2. The molecule has 0 spiro atoms. The molecule has 128 valence electrons. The van der Waals surface area contributed by atoms with Gasteiger partial charge in [0.15, 0.2) is 0 Å². The third-order valence-electron chi connectivity index (χ3n) is 4.09. The molecule has 0 bridgehead atoms. The van der Waals surface area contributed by atoms with Gasteiger partial charge in [0, 0.05) is 24.4 Å². The minimum atomic E-state index is -0.511. The van der Waals surface area contributed by atoms with Crippen molar-refractivity contribution in [2.24, 2.45) is 0 Å². The molecule has 1 aromatic rings. The Morgan fingerprint density at radius 1 is 1.46 bits per heavy atom. The normalized spacial score (nSPS) is 21.1. The second kappa shape index (κ2) is 6.36. The van der Waals surface area contributed by atoms with E-state index in [1.165, 1.54) is 6.08 Å². The van der Waals surface area contributed by atoms with Crippen LogP contribution in [0.15, 0.2) is 18.3 Å². The Labute approximate surface area is 141 Å². The van der Waals surface area contributed by atoms with E-state index in [-0.39, 0.29) is 17.9 Å². The van der Waals surface area contributed by atoms with Gasteiger partial charge < -0.3 is 10.1 Å². The lowest BCUT2D eigenvalue weighted by Crippen LogP contribution is -2.36. The Hall–Kier alpha value is -2.21. The first-order chi connectivity index (χ1) is 11.3. The zero-order valence-electron chi connectivity index (χ0n) is 14.3. The van der Waals surface area contributed by atoms with E-state index in [2.05, 4.69) is 15.2 Å². The molecular formula is C18H23N3O3.